The molecule has 0 bridgehead atoms. The van der Waals surface area contributed by atoms with Crippen molar-refractivity contribution in [1.82, 2.24) is 15.1 Å². The van der Waals surface area contributed by atoms with E-state index in [9.17, 15) is 4.79 Å². The molecular formula is C14H29IN4O2. The van der Waals surface area contributed by atoms with E-state index in [1.165, 1.54) is 12.8 Å². The van der Waals surface area contributed by atoms with Crippen LogP contribution in [0.4, 0.5) is 0 Å². The smallest absolute Gasteiger partial charge is 0.223 e. The number of hydrogen-bond donors (Lipinski definition) is 1. The Hall–Kier alpha value is -0.570. The van der Waals surface area contributed by atoms with Crippen LogP contribution in [0.5, 0.6) is 0 Å². The van der Waals surface area contributed by atoms with Crippen LogP contribution in [0.2, 0.25) is 0 Å². The van der Waals surface area contributed by atoms with Crippen LogP contribution in [0.3, 0.4) is 0 Å². The van der Waals surface area contributed by atoms with Gasteiger partial charge < -0.3 is 19.9 Å². The quantitative estimate of drug-likeness (QED) is 0.280. The Morgan fingerprint density at radius 1 is 1.33 bits per heavy atom. The summed E-state index contributed by atoms with van der Waals surface area (Å²) in [6.07, 6.45) is 3.11. The maximum atomic E-state index is 11.5. The highest BCUT2D eigenvalue weighted by Crippen LogP contribution is 2.28. The Balaban J connectivity index is 0.00000400. The highest BCUT2D eigenvalue weighted by atomic mass is 127. The summed E-state index contributed by atoms with van der Waals surface area (Å²) in [5.41, 5.74) is 0. The van der Waals surface area contributed by atoms with E-state index in [-0.39, 0.29) is 29.9 Å². The number of halogens is 1. The molecule has 124 valence electrons. The number of amides is 1. The van der Waals surface area contributed by atoms with Crippen molar-refractivity contribution in [3.05, 3.63) is 0 Å². The molecule has 1 rings (SSSR count). The molecule has 1 saturated carbocycles. The summed E-state index contributed by atoms with van der Waals surface area (Å²) >= 11 is 0. The van der Waals surface area contributed by atoms with E-state index in [0.29, 0.717) is 19.6 Å². The number of carbonyl (C=O) groups excluding carboxylic acids is 1. The third-order valence-corrected chi connectivity index (χ3v) is 3.32. The summed E-state index contributed by atoms with van der Waals surface area (Å²) < 4.78 is 5.61. The minimum atomic E-state index is 0. The fraction of sp³-hybridized carbons (Fsp3) is 0.857. The summed E-state index contributed by atoms with van der Waals surface area (Å²) in [6.45, 7) is 2.99. The molecule has 21 heavy (non-hydrogen) atoms. The van der Waals surface area contributed by atoms with Crippen LogP contribution in [-0.4, -0.2) is 76.2 Å². The normalized spacial score (nSPS) is 14.4. The highest BCUT2D eigenvalue weighted by Gasteiger charge is 2.21. The molecule has 1 N–H and O–H groups in total. The Kier molecular flexibility index (Phi) is 10.8. The first-order valence-corrected chi connectivity index (χ1v) is 7.24. The van der Waals surface area contributed by atoms with Gasteiger partial charge >= 0.3 is 0 Å². The van der Waals surface area contributed by atoms with Gasteiger partial charge in [-0.3, -0.25) is 9.79 Å². The molecule has 0 saturated heterocycles. The zero-order valence-electron chi connectivity index (χ0n) is 13.6. The van der Waals surface area contributed by atoms with Crippen LogP contribution >= 0.6 is 24.0 Å². The topological polar surface area (TPSA) is 57.2 Å². The van der Waals surface area contributed by atoms with E-state index in [4.69, 9.17) is 4.74 Å². The monoisotopic (exact) mass is 412 g/mol. The Labute approximate surface area is 145 Å². The van der Waals surface area contributed by atoms with Crippen molar-refractivity contribution in [2.24, 2.45) is 10.9 Å². The maximum Gasteiger partial charge on any atom is 0.223 e. The van der Waals surface area contributed by atoms with Gasteiger partial charge in [0, 0.05) is 54.3 Å². The second-order valence-electron chi connectivity index (χ2n) is 5.45. The van der Waals surface area contributed by atoms with Crippen LogP contribution in [0.25, 0.3) is 0 Å². The van der Waals surface area contributed by atoms with E-state index in [1.54, 1.807) is 26.0 Å². The first-order chi connectivity index (χ1) is 9.54. The summed E-state index contributed by atoms with van der Waals surface area (Å²) in [4.78, 5) is 19.3. The van der Waals surface area contributed by atoms with Gasteiger partial charge in [-0.25, -0.2) is 0 Å². The van der Waals surface area contributed by atoms with E-state index < -0.39 is 0 Å². The fourth-order valence-corrected chi connectivity index (χ4v) is 1.73. The number of ether oxygens (including phenoxy) is 1. The fourth-order valence-electron chi connectivity index (χ4n) is 1.73. The number of nitrogens with one attached hydrogen (secondary N) is 1. The average Bonchev–Trinajstić information content (AvgIpc) is 3.23. The summed E-state index contributed by atoms with van der Waals surface area (Å²) in [7, 11) is 7.25. The number of rotatable bonds is 8. The number of carbonyl (C=O) groups is 1. The lowest BCUT2D eigenvalue weighted by atomic mass is 10.4. The first kappa shape index (κ1) is 20.4. The van der Waals surface area contributed by atoms with Gasteiger partial charge in [-0.15, -0.1) is 24.0 Å². The minimum absolute atomic E-state index is 0. The molecule has 1 aliphatic rings. The van der Waals surface area contributed by atoms with Gasteiger partial charge in [-0.2, -0.15) is 0 Å². The molecule has 0 heterocycles. The van der Waals surface area contributed by atoms with Crippen LogP contribution in [0, 0.1) is 5.92 Å². The van der Waals surface area contributed by atoms with Gasteiger partial charge in [-0.1, -0.05) is 0 Å². The molecule has 1 amide bonds. The molecule has 6 nitrogen and oxygen atoms in total. The van der Waals surface area contributed by atoms with Gasteiger partial charge in [0.05, 0.1) is 6.61 Å². The SMILES string of the molecule is CN=C(NCCC(=O)N(C)C)N(C)CCOCC1CC1.I. The van der Waals surface area contributed by atoms with Crippen LogP contribution in [-0.2, 0) is 9.53 Å². The van der Waals surface area contributed by atoms with Crippen molar-refractivity contribution in [1.29, 1.82) is 0 Å². The second kappa shape index (κ2) is 11.1. The second-order valence-corrected chi connectivity index (χ2v) is 5.45. The molecule has 0 atom stereocenters. The van der Waals surface area contributed by atoms with Gasteiger partial charge in [0.1, 0.15) is 0 Å². The molecule has 1 fully saturated rings. The predicted molar refractivity (Wildman–Crippen MR) is 96.3 cm³/mol. The molecule has 0 spiro atoms. The summed E-state index contributed by atoms with van der Waals surface area (Å²) in [5, 5.41) is 3.19. The lowest BCUT2D eigenvalue weighted by Crippen LogP contribution is -2.41. The average molecular weight is 412 g/mol. The van der Waals surface area contributed by atoms with Gasteiger partial charge in [0.15, 0.2) is 5.96 Å². The summed E-state index contributed by atoms with van der Waals surface area (Å²) in [5.74, 6) is 1.71. The molecule has 0 aliphatic heterocycles. The molecule has 7 heteroatoms. The van der Waals surface area contributed by atoms with Gasteiger partial charge in [0.2, 0.25) is 5.91 Å². The number of guanidine groups is 1. The number of aliphatic imine (C=N–C) groups is 1. The van der Waals surface area contributed by atoms with E-state index in [1.807, 2.05) is 11.9 Å². The van der Waals surface area contributed by atoms with E-state index >= 15 is 0 Å². The Morgan fingerprint density at radius 2 is 2.00 bits per heavy atom. The Bertz CT molecular complexity index is 333. The van der Waals surface area contributed by atoms with E-state index in [2.05, 4.69) is 10.3 Å². The summed E-state index contributed by atoms with van der Waals surface area (Å²) in [6, 6.07) is 0. The van der Waals surface area contributed by atoms with Crippen molar-refractivity contribution in [2.45, 2.75) is 19.3 Å². The standard InChI is InChI=1S/C14H28N4O2.HI/c1-15-14(16-8-7-13(19)17(2)3)18(4)9-10-20-11-12-5-6-12;/h12H,5-11H2,1-4H3,(H,15,16);1H. The third-order valence-electron chi connectivity index (χ3n) is 3.32. The van der Waals surface area contributed by atoms with Crippen molar-refractivity contribution < 1.29 is 9.53 Å². The van der Waals surface area contributed by atoms with Crippen molar-refractivity contribution >= 4 is 35.8 Å². The third kappa shape index (κ3) is 9.13. The largest absolute Gasteiger partial charge is 0.379 e. The van der Waals surface area contributed by atoms with Crippen molar-refractivity contribution in [3.8, 4) is 0 Å². The predicted octanol–water partition coefficient (Wildman–Crippen LogP) is 1.02. The zero-order valence-corrected chi connectivity index (χ0v) is 15.9. The van der Waals surface area contributed by atoms with Crippen LogP contribution < -0.4 is 5.32 Å². The maximum absolute atomic E-state index is 11.5. The minimum Gasteiger partial charge on any atom is -0.379 e. The molecule has 0 unspecified atom stereocenters. The van der Waals surface area contributed by atoms with Crippen LogP contribution in [0.1, 0.15) is 19.3 Å². The number of likely N-dealkylation sites (N-methyl/N-ethyl adjacent to an activating group) is 1. The lowest BCUT2D eigenvalue weighted by molar-refractivity contribution is -0.128. The number of nitrogens with zero attached hydrogens (tertiary/aromatic N) is 3. The van der Waals surface area contributed by atoms with Crippen molar-refractivity contribution in [3.63, 3.8) is 0 Å². The molecule has 1 aliphatic carbocycles. The van der Waals surface area contributed by atoms with Crippen molar-refractivity contribution in [2.75, 3.05) is 54.5 Å². The molecular weight excluding hydrogens is 383 g/mol. The van der Waals surface area contributed by atoms with Crippen LogP contribution in [0.15, 0.2) is 4.99 Å². The molecule has 0 aromatic rings. The molecule has 0 aromatic heterocycles. The van der Waals surface area contributed by atoms with Gasteiger partial charge in [-0.05, 0) is 18.8 Å². The zero-order chi connectivity index (χ0) is 15.0. The first-order valence-electron chi connectivity index (χ1n) is 7.24. The van der Waals surface area contributed by atoms with E-state index in [0.717, 1.165) is 25.0 Å². The Morgan fingerprint density at radius 3 is 2.52 bits per heavy atom. The highest BCUT2D eigenvalue weighted by molar-refractivity contribution is 14.0. The lowest BCUT2D eigenvalue weighted by Gasteiger charge is -2.22. The van der Waals surface area contributed by atoms with Gasteiger partial charge in [0.25, 0.3) is 0 Å². The molecule has 0 radical (unpaired) electrons. The number of hydrogen-bond acceptors (Lipinski definition) is 3. The molecule has 0 aromatic carbocycles.